The van der Waals surface area contributed by atoms with Crippen LogP contribution in [-0.2, 0) is 0 Å². The molecule has 0 aromatic heterocycles. The van der Waals surface area contributed by atoms with Gasteiger partial charge in [0.25, 0.3) is 0 Å². The van der Waals surface area contributed by atoms with Crippen LogP contribution in [0.2, 0.25) is 0 Å². The van der Waals surface area contributed by atoms with Gasteiger partial charge >= 0.3 is 0 Å². The number of nitrogens with two attached hydrogens (primary N) is 1. The fourth-order valence-electron chi connectivity index (χ4n) is 1.49. The lowest BCUT2D eigenvalue weighted by atomic mass is 10.1. The van der Waals surface area contributed by atoms with E-state index in [1.165, 1.54) is 32.1 Å². The molecule has 0 bridgehead atoms. The third kappa shape index (κ3) is 9.94. The Bertz CT molecular complexity index is 187. The smallest absolute Gasteiger partial charge is 0.0869 e. The highest BCUT2D eigenvalue weighted by Crippen LogP contribution is 2.08. The third-order valence-corrected chi connectivity index (χ3v) is 2.65. The van der Waals surface area contributed by atoms with Gasteiger partial charge in [0.15, 0.2) is 0 Å². The molecule has 0 fully saturated rings. The van der Waals surface area contributed by atoms with Gasteiger partial charge in [0.1, 0.15) is 0 Å². The van der Waals surface area contributed by atoms with Crippen molar-refractivity contribution in [3.05, 3.63) is 24.8 Å². The molecule has 0 rings (SSSR count). The first-order valence-corrected chi connectivity index (χ1v) is 6.39. The average Bonchev–Trinajstić information content (AvgIpc) is 2.26. The minimum absolute atomic E-state index is 0.171. The summed E-state index contributed by atoms with van der Waals surface area (Å²) in [6.07, 6.45) is 13.9. The zero-order valence-corrected chi connectivity index (χ0v) is 10.6. The predicted molar refractivity (Wildman–Crippen MR) is 71.3 cm³/mol. The fourth-order valence-corrected chi connectivity index (χ4v) is 1.49. The molecule has 0 saturated heterocycles. The molecular formula is C14H27NO. The van der Waals surface area contributed by atoms with Crippen LogP contribution in [-0.4, -0.2) is 17.3 Å². The number of hydrogen-bond donors (Lipinski definition) is 2. The molecule has 2 nitrogen and oxygen atoms in total. The maximum absolute atomic E-state index is 9.41. The Balaban J connectivity index is 3.23. The van der Waals surface area contributed by atoms with Gasteiger partial charge < -0.3 is 10.8 Å². The average molecular weight is 225 g/mol. The summed E-state index contributed by atoms with van der Waals surface area (Å²) in [7, 11) is 0. The van der Waals surface area contributed by atoms with Gasteiger partial charge in [0, 0.05) is 6.04 Å². The molecular weight excluding hydrogens is 198 g/mol. The fraction of sp³-hybridized carbons (Fsp3) is 0.714. The van der Waals surface area contributed by atoms with Gasteiger partial charge in [-0.25, -0.2) is 0 Å². The number of aliphatic hydroxyl groups is 1. The molecule has 0 saturated carbocycles. The maximum Gasteiger partial charge on any atom is 0.0869 e. The van der Waals surface area contributed by atoms with Crippen molar-refractivity contribution in [2.24, 2.45) is 5.73 Å². The summed E-state index contributed by atoms with van der Waals surface area (Å²) in [5.41, 5.74) is 5.54. The van der Waals surface area contributed by atoms with E-state index in [-0.39, 0.29) is 6.04 Å². The predicted octanol–water partition coefficient (Wildman–Crippen LogP) is 3.17. The van der Waals surface area contributed by atoms with Crippen molar-refractivity contribution in [2.75, 3.05) is 0 Å². The normalized spacial score (nSPS) is 15.2. The Labute approximate surface area is 100 Å². The lowest BCUT2D eigenvalue weighted by Gasteiger charge is -2.08. The van der Waals surface area contributed by atoms with Gasteiger partial charge in [-0.2, -0.15) is 0 Å². The largest absolute Gasteiger partial charge is 0.387 e. The van der Waals surface area contributed by atoms with Crippen LogP contribution in [0.5, 0.6) is 0 Å². The summed E-state index contributed by atoms with van der Waals surface area (Å²) in [5.74, 6) is 0. The molecule has 0 radical (unpaired) electrons. The van der Waals surface area contributed by atoms with Gasteiger partial charge in [-0.1, -0.05) is 37.5 Å². The van der Waals surface area contributed by atoms with Crippen LogP contribution in [0, 0.1) is 0 Å². The highest BCUT2D eigenvalue weighted by Gasteiger charge is 2.02. The number of allylic oxidation sites excluding steroid dienone is 2. The molecule has 0 aromatic rings. The topological polar surface area (TPSA) is 46.2 Å². The molecule has 0 aliphatic carbocycles. The molecule has 2 heteroatoms. The summed E-state index contributed by atoms with van der Waals surface area (Å²) in [5, 5.41) is 9.41. The van der Waals surface area contributed by atoms with E-state index in [0.29, 0.717) is 0 Å². The van der Waals surface area contributed by atoms with Crippen LogP contribution in [0.25, 0.3) is 0 Å². The second-order valence-corrected chi connectivity index (χ2v) is 4.41. The minimum Gasteiger partial charge on any atom is -0.387 e. The Hall–Kier alpha value is -0.600. The Morgan fingerprint density at radius 2 is 1.69 bits per heavy atom. The molecule has 0 spiro atoms. The van der Waals surface area contributed by atoms with Gasteiger partial charge in [-0.05, 0) is 32.6 Å². The van der Waals surface area contributed by atoms with E-state index in [2.05, 4.69) is 6.58 Å². The van der Waals surface area contributed by atoms with E-state index < -0.39 is 6.10 Å². The molecule has 3 N–H and O–H groups in total. The first-order valence-electron chi connectivity index (χ1n) is 6.39. The Morgan fingerprint density at radius 3 is 2.25 bits per heavy atom. The molecule has 94 valence electrons. The maximum atomic E-state index is 9.41. The molecule has 16 heavy (non-hydrogen) atoms. The molecule has 0 aromatic carbocycles. The van der Waals surface area contributed by atoms with Crippen LogP contribution < -0.4 is 5.73 Å². The van der Waals surface area contributed by atoms with Crippen molar-refractivity contribution in [3.8, 4) is 0 Å². The van der Waals surface area contributed by atoms with Crippen molar-refractivity contribution in [1.29, 1.82) is 0 Å². The van der Waals surface area contributed by atoms with Gasteiger partial charge in [-0.3, -0.25) is 0 Å². The molecule has 2 unspecified atom stereocenters. The van der Waals surface area contributed by atoms with Crippen molar-refractivity contribution >= 4 is 0 Å². The second kappa shape index (κ2) is 10.9. The molecule has 0 aliphatic rings. The standard InChI is InChI=1S/C14H27NO/c1-3-4-5-6-7-8-9-10-11-12-14(16)13(2)15/h3,11-14,16H,1,4-10,15H2,2H3. The first-order chi connectivity index (χ1) is 7.68. The van der Waals surface area contributed by atoms with E-state index in [1.54, 1.807) is 0 Å². The number of unbranched alkanes of at least 4 members (excludes halogenated alkanes) is 6. The molecule has 0 heterocycles. The van der Waals surface area contributed by atoms with E-state index in [1.807, 2.05) is 25.2 Å². The summed E-state index contributed by atoms with van der Waals surface area (Å²) in [4.78, 5) is 0. The van der Waals surface area contributed by atoms with Crippen molar-refractivity contribution in [2.45, 2.75) is 64.0 Å². The number of rotatable bonds is 10. The lowest BCUT2D eigenvalue weighted by molar-refractivity contribution is 0.198. The quantitative estimate of drug-likeness (QED) is 0.443. The van der Waals surface area contributed by atoms with Crippen LogP contribution >= 0.6 is 0 Å². The van der Waals surface area contributed by atoms with Gasteiger partial charge in [-0.15, -0.1) is 6.58 Å². The summed E-state index contributed by atoms with van der Waals surface area (Å²) >= 11 is 0. The summed E-state index contributed by atoms with van der Waals surface area (Å²) < 4.78 is 0. The van der Waals surface area contributed by atoms with Crippen molar-refractivity contribution < 1.29 is 5.11 Å². The highest BCUT2D eigenvalue weighted by atomic mass is 16.3. The van der Waals surface area contributed by atoms with E-state index in [9.17, 15) is 5.11 Å². The van der Waals surface area contributed by atoms with Crippen LogP contribution in [0.4, 0.5) is 0 Å². The van der Waals surface area contributed by atoms with E-state index >= 15 is 0 Å². The van der Waals surface area contributed by atoms with E-state index in [4.69, 9.17) is 5.73 Å². The van der Waals surface area contributed by atoms with Crippen molar-refractivity contribution in [3.63, 3.8) is 0 Å². The minimum atomic E-state index is -0.493. The zero-order valence-electron chi connectivity index (χ0n) is 10.6. The molecule has 0 amide bonds. The summed E-state index contributed by atoms with van der Waals surface area (Å²) in [6, 6.07) is -0.171. The monoisotopic (exact) mass is 225 g/mol. The van der Waals surface area contributed by atoms with E-state index in [0.717, 1.165) is 12.8 Å². The lowest BCUT2D eigenvalue weighted by Crippen LogP contribution is -2.29. The van der Waals surface area contributed by atoms with Gasteiger partial charge in [0.2, 0.25) is 0 Å². The molecule has 2 atom stereocenters. The van der Waals surface area contributed by atoms with Crippen LogP contribution in [0.3, 0.4) is 0 Å². The highest BCUT2D eigenvalue weighted by molar-refractivity contribution is 4.92. The van der Waals surface area contributed by atoms with Crippen LogP contribution in [0.15, 0.2) is 24.8 Å². The Morgan fingerprint density at radius 1 is 1.12 bits per heavy atom. The second-order valence-electron chi connectivity index (χ2n) is 4.41. The summed E-state index contributed by atoms with van der Waals surface area (Å²) in [6.45, 7) is 5.52. The Kier molecular flexibility index (Phi) is 10.5. The number of hydrogen-bond acceptors (Lipinski definition) is 2. The molecule has 0 aliphatic heterocycles. The number of aliphatic hydroxyl groups excluding tert-OH is 1. The van der Waals surface area contributed by atoms with Gasteiger partial charge in [0.05, 0.1) is 6.10 Å². The van der Waals surface area contributed by atoms with Crippen LogP contribution in [0.1, 0.15) is 51.9 Å². The first kappa shape index (κ1) is 15.4. The zero-order chi connectivity index (χ0) is 12.2. The SMILES string of the molecule is C=CCCCCCCCC=CC(O)C(C)N. The van der Waals surface area contributed by atoms with Crippen molar-refractivity contribution in [1.82, 2.24) is 0 Å². The third-order valence-electron chi connectivity index (χ3n) is 2.65.